The Bertz CT molecular complexity index is 382. The van der Waals surface area contributed by atoms with Crippen LogP contribution in [0.1, 0.15) is 11.8 Å². The minimum absolute atomic E-state index is 0.138. The first-order valence-corrected chi connectivity index (χ1v) is 4.59. The Balaban J connectivity index is 3.24. The van der Waals surface area contributed by atoms with Crippen LogP contribution in [0.5, 0.6) is 0 Å². The van der Waals surface area contributed by atoms with Crippen LogP contribution >= 0.6 is 11.6 Å². The fourth-order valence-electron chi connectivity index (χ4n) is 1.18. The van der Waals surface area contributed by atoms with Gasteiger partial charge in [-0.15, -0.1) is 0 Å². The summed E-state index contributed by atoms with van der Waals surface area (Å²) in [6.07, 6.45) is -1.04. The van der Waals surface area contributed by atoms with Gasteiger partial charge in [-0.3, -0.25) is 15.0 Å². The maximum absolute atomic E-state index is 10.7. The first kappa shape index (κ1) is 11.9. The van der Waals surface area contributed by atoms with E-state index in [0.29, 0.717) is 5.02 Å². The predicted octanol–water partition coefficient (Wildman–Crippen LogP) is 1.80. The lowest BCUT2D eigenvalue weighted by atomic mass is 10.1. The summed E-state index contributed by atoms with van der Waals surface area (Å²) >= 11 is 5.72. The van der Waals surface area contributed by atoms with Crippen LogP contribution < -0.4 is 0 Å². The number of nitro groups is 1. The molecular weight excluding hydrogens is 220 g/mol. The van der Waals surface area contributed by atoms with Gasteiger partial charge in [0, 0.05) is 11.1 Å². The van der Waals surface area contributed by atoms with Crippen molar-refractivity contribution in [1.29, 1.82) is 0 Å². The molecule has 0 heterocycles. The maximum atomic E-state index is 10.7. The second-order valence-electron chi connectivity index (χ2n) is 3.30. The van der Waals surface area contributed by atoms with E-state index in [1.54, 1.807) is 14.1 Å². The van der Waals surface area contributed by atoms with Crippen molar-refractivity contribution in [1.82, 2.24) is 4.90 Å². The van der Waals surface area contributed by atoms with Crippen molar-refractivity contribution in [2.45, 2.75) is 6.23 Å². The van der Waals surface area contributed by atoms with Gasteiger partial charge in [0.25, 0.3) is 5.69 Å². The van der Waals surface area contributed by atoms with Crippen LogP contribution in [-0.2, 0) is 0 Å². The molecule has 0 saturated heterocycles. The summed E-state index contributed by atoms with van der Waals surface area (Å²) in [7, 11) is 3.24. The minimum Gasteiger partial charge on any atom is -0.374 e. The van der Waals surface area contributed by atoms with E-state index in [0.717, 1.165) is 0 Å². The summed E-state index contributed by atoms with van der Waals surface area (Å²) in [5, 5.41) is 20.8. The van der Waals surface area contributed by atoms with Gasteiger partial charge in [-0.05, 0) is 26.2 Å². The molecule has 0 aliphatic heterocycles. The molecular formula is C9H11ClN2O3. The molecule has 0 spiro atoms. The largest absolute Gasteiger partial charge is 0.374 e. The number of hydrogen-bond donors (Lipinski definition) is 1. The summed E-state index contributed by atoms with van der Waals surface area (Å²) in [6.45, 7) is 0. The Morgan fingerprint density at radius 1 is 1.53 bits per heavy atom. The zero-order chi connectivity index (χ0) is 11.6. The molecule has 0 amide bonds. The highest BCUT2D eigenvalue weighted by molar-refractivity contribution is 6.30. The second-order valence-corrected chi connectivity index (χ2v) is 3.73. The number of hydrogen-bond acceptors (Lipinski definition) is 4. The molecule has 1 aromatic rings. The van der Waals surface area contributed by atoms with Gasteiger partial charge in [-0.1, -0.05) is 11.6 Å². The summed E-state index contributed by atoms with van der Waals surface area (Å²) in [6, 6.07) is 4.10. The van der Waals surface area contributed by atoms with Gasteiger partial charge < -0.3 is 5.11 Å². The van der Waals surface area contributed by atoms with E-state index in [4.69, 9.17) is 11.6 Å². The molecule has 0 radical (unpaired) electrons. The topological polar surface area (TPSA) is 66.6 Å². The van der Waals surface area contributed by atoms with Crippen molar-refractivity contribution in [2.75, 3.05) is 14.1 Å². The lowest BCUT2D eigenvalue weighted by molar-refractivity contribution is -0.386. The molecule has 1 unspecified atom stereocenters. The van der Waals surface area contributed by atoms with Crippen molar-refractivity contribution in [3.63, 3.8) is 0 Å². The van der Waals surface area contributed by atoms with E-state index < -0.39 is 11.2 Å². The van der Waals surface area contributed by atoms with Crippen molar-refractivity contribution >= 4 is 17.3 Å². The Morgan fingerprint density at radius 2 is 2.13 bits per heavy atom. The van der Waals surface area contributed by atoms with Gasteiger partial charge >= 0.3 is 0 Å². The van der Waals surface area contributed by atoms with Gasteiger partial charge in [-0.25, -0.2) is 0 Å². The number of aliphatic hydroxyl groups is 1. The number of nitrogens with zero attached hydrogens (tertiary/aromatic N) is 2. The third-order valence-corrected chi connectivity index (χ3v) is 2.19. The monoisotopic (exact) mass is 230 g/mol. The molecule has 0 fully saturated rings. The zero-order valence-electron chi connectivity index (χ0n) is 8.35. The number of rotatable bonds is 3. The first-order chi connectivity index (χ1) is 6.93. The molecule has 0 saturated carbocycles. The van der Waals surface area contributed by atoms with Crippen LogP contribution in [0.25, 0.3) is 0 Å². The zero-order valence-corrected chi connectivity index (χ0v) is 9.10. The van der Waals surface area contributed by atoms with E-state index in [9.17, 15) is 15.2 Å². The molecule has 0 aliphatic carbocycles. The number of halogens is 1. The molecule has 0 bridgehead atoms. The third kappa shape index (κ3) is 2.65. The SMILES string of the molecule is CN(C)C(O)c1cc(Cl)ccc1[N+](=O)[O-]. The average molecular weight is 231 g/mol. The van der Waals surface area contributed by atoms with Crippen LogP contribution in [-0.4, -0.2) is 29.0 Å². The van der Waals surface area contributed by atoms with E-state index in [1.165, 1.54) is 23.1 Å². The van der Waals surface area contributed by atoms with Crippen LogP contribution in [0.15, 0.2) is 18.2 Å². The van der Waals surface area contributed by atoms with E-state index in [2.05, 4.69) is 0 Å². The normalized spacial score (nSPS) is 12.9. The van der Waals surface area contributed by atoms with Gasteiger partial charge in [-0.2, -0.15) is 0 Å². The molecule has 1 aromatic carbocycles. The smallest absolute Gasteiger partial charge is 0.276 e. The highest BCUT2D eigenvalue weighted by Crippen LogP contribution is 2.28. The van der Waals surface area contributed by atoms with Crippen LogP contribution in [0.3, 0.4) is 0 Å². The predicted molar refractivity (Wildman–Crippen MR) is 56.8 cm³/mol. The van der Waals surface area contributed by atoms with Crippen LogP contribution in [0.2, 0.25) is 5.02 Å². The summed E-state index contributed by atoms with van der Waals surface area (Å²) in [5.74, 6) is 0. The van der Waals surface area contributed by atoms with Gasteiger partial charge in [0.15, 0.2) is 0 Å². The molecule has 1 atom stereocenters. The fourth-order valence-corrected chi connectivity index (χ4v) is 1.36. The van der Waals surface area contributed by atoms with Crippen LogP contribution in [0.4, 0.5) is 5.69 Å². The maximum Gasteiger partial charge on any atom is 0.276 e. The van der Waals surface area contributed by atoms with Gasteiger partial charge in [0.2, 0.25) is 0 Å². The van der Waals surface area contributed by atoms with Crippen molar-refractivity contribution in [3.05, 3.63) is 38.9 Å². The quantitative estimate of drug-likeness (QED) is 0.489. The molecule has 6 heteroatoms. The Morgan fingerprint density at radius 3 is 2.60 bits per heavy atom. The summed E-state index contributed by atoms with van der Waals surface area (Å²) in [5.41, 5.74) is 0.0538. The Kier molecular flexibility index (Phi) is 3.62. The molecule has 1 N–H and O–H groups in total. The van der Waals surface area contributed by atoms with Crippen LogP contribution in [0, 0.1) is 10.1 Å². The van der Waals surface area contributed by atoms with E-state index in [1.807, 2.05) is 0 Å². The number of benzene rings is 1. The summed E-state index contributed by atoms with van der Waals surface area (Å²) in [4.78, 5) is 11.6. The van der Waals surface area contributed by atoms with E-state index >= 15 is 0 Å². The fraction of sp³-hybridized carbons (Fsp3) is 0.333. The highest BCUT2D eigenvalue weighted by atomic mass is 35.5. The molecule has 5 nitrogen and oxygen atoms in total. The lowest BCUT2D eigenvalue weighted by Crippen LogP contribution is -2.20. The molecule has 82 valence electrons. The first-order valence-electron chi connectivity index (χ1n) is 4.22. The molecule has 0 aliphatic rings. The Labute approximate surface area is 92.0 Å². The molecule has 1 rings (SSSR count). The third-order valence-electron chi connectivity index (χ3n) is 1.95. The number of aliphatic hydroxyl groups excluding tert-OH is 1. The summed E-state index contributed by atoms with van der Waals surface area (Å²) < 4.78 is 0. The average Bonchev–Trinajstić information content (AvgIpc) is 2.15. The molecule has 0 aromatic heterocycles. The van der Waals surface area contributed by atoms with Crippen molar-refractivity contribution in [3.8, 4) is 0 Å². The number of nitro benzene ring substituents is 1. The minimum atomic E-state index is -1.04. The van der Waals surface area contributed by atoms with Gasteiger partial charge in [0.1, 0.15) is 6.23 Å². The second kappa shape index (κ2) is 4.57. The van der Waals surface area contributed by atoms with Crippen molar-refractivity contribution < 1.29 is 10.0 Å². The lowest BCUT2D eigenvalue weighted by Gasteiger charge is -2.18. The standard InChI is InChI=1S/C9H11ClN2O3/c1-11(2)9(13)7-5-6(10)3-4-8(7)12(14)15/h3-5,9,13H,1-2H3. The van der Waals surface area contributed by atoms with E-state index in [-0.39, 0.29) is 11.3 Å². The highest BCUT2D eigenvalue weighted by Gasteiger charge is 2.21. The van der Waals surface area contributed by atoms with Crippen molar-refractivity contribution in [2.24, 2.45) is 0 Å². The van der Waals surface area contributed by atoms with Gasteiger partial charge in [0.05, 0.1) is 10.5 Å². The Hall–Kier alpha value is -1.17. The molecule has 15 heavy (non-hydrogen) atoms.